The van der Waals surface area contributed by atoms with Crippen molar-refractivity contribution in [1.82, 2.24) is 0 Å². The fourth-order valence-corrected chi connectivity index (χ4v) is 2.60. The number of benzene rings is 2. The summed E-state index contributed by atoms with van der Waals surface area (Å²) in [5.74, 6) is 3.16. The fourth-order valence-electron chi connectivity index (χ4n) is 2.60. The Balaban J connectivity index is 1.83. The number of hydrogen-bond acceptors (Lipinski definition) is 3. The quantitative estimate of drug-likeness (QED) is 0.623. The second-order valence-corrected chi connectivity index (χ2v) is 5.50. The Morgan fingerprint density at radius 1 is 1.23 bits per heavy atom. The fraction of sp³-hybridized carbons (Fsp3) is 0.316. The third-order valence-electron chi connectivity index (χ3n) is 4.07. The molecule has 3 rings (SSSR count). The maximum Gasteiger partial charge on any atom is 0.309 e. The molecule has 0 aromatic heterocycles. The summed E-state index contributed by atoms with van der Waals surface area (Å²) in [4.78, 5) is 11.9. The summed E-state index contributed by atoms with van der Waals surface area (Å²) in [5, 5.41) is 2.05. The van der Waals surface area contributed by atoms with Gasteiger partial charge in [-0.3, -0.25) is 4.79 Å². The summed E-state index contributed by atoms with van der Waals surface area (Å²) >= 11 is 0. The first-order valence-corrected chi connectivity index (χ1v) is 7.53. The van der Waals surface area contributed by atoms with Crippen molar-refractivity contribution in [3.05, 3.63) is 42.0 Å². The highest BCUT2D eigenvalue weighted by atomic mass is 16.5. The van der Waals surface area contributed by atoms with Crippen LogP contribution in [-0.2, 0) is 16.1 Å². The van der Waals surface area contributed by atoms with Crippen LogP contribution in [-0.4, -0.2) is 12.6 Å². The molecule has 2 aromatic rings. The van der Waals surface area contributed by atoms with Gasteiger partial charge in [-0.05, 0) is 18.2 Å². The summed E-state index contributed by atoms with van der Waals surface area (Å²) in [7, 11) is 0. The van der Waals surface area contributed by atoms with E-state index < -0.39 is 0 Å². The molecule has 0 aliphatic heterocycles. The Morgan fingerprint density at radius 2 is 2.05 bits per heavy atom. The maximum absolute atomic E-state index is 11.9. The molecule has 3 nitrogen and oxygen atoms in total. The second kappa shape index (κ2) is 6.53. The summed E-state index contributed by atoms with van der Waals surface area (Å²) in [6.07, 6.45) is 8.30. The summed E-state index contributed by atoms with van der Waals surface area (Å²) in [6, 6.07) is 11.9. The third kappa shape index (κ3) is 2.92. The van der Waals surface area contributed by atoms with Gasteiger partial charge in [-0.25, -0.2) is 0 Å². The first-order chi connectivity index (χ1) is 10.8. The Hall–Kier alpha value is -2.47. The van der Waals surface area contributed by atoms with Gasteiger partial charge >= 0.3 is 5.97 Å². The zero-order valence-electron chi connectivity index (χ0n) is 12.4. The van der Waals surface area contributed by atoms with E-state index in [-0.39, 0.29) is 25.1 Å². The predicted molar refractivity (Wildman–Crippen MR) is 85.4 cm³/mol. The van der Waals surface area contributed by atoms with E-state index in [1.54, 1.807) is 0 Å². The molecule has 0 unspecified atom stereocenters. The number of hydrogen-bond donors (Lipinski definition) is 0. The average Bonchev–Trinajstić information content (AvgIpc) is 2.49. The highest BCUT2D eigenvalue weighted by molar-refractivity contribution is 5.89. The van der Waals surface area contributed by atoms with Gasteiger partial charge in [0.2, 0.25) is 0 Å². The van der Waals surface area contributed by atoms with Gasteiger partial charge in [0.15, 0.2) is 0 Å². The van der Waals surface area contributed by atoms with Crippen LogP contribution < -0.4 is 4.74 Å². The lowest BCUT2D eigenvalue weighted by atomic mass is 9.86. The van der Waals surface area contributed by atoms with Crippen LogP contribution in [0.4, 0.5) is 0 Å². The Kier molecular flexibility index (Phi) is 4.29. The standard InChI is InChI=1S/C19H18O3/c1-2-12-21-18-16(13-22-19(20)15-7-5-8-15)11-10-14-6-3-4-9-17(14)18/h1,3-4,6,9-11,15H,5,7-8,12-13H2. The highest BCUT2D eigenvalue weighted by Crippen LogP contribution is 2.32. The van der Waals surface area contributed by atoms with E-state index in [0.29, 0.717) is 5.75 Å². The molecule has 0 bridgehead atoms. The van der Waals surface area contributed by atoms with Gasteiger partial charge in [-0.1, -0.05) is 48.7 Å². The molecule has 22 heavy (non-hydrogen) atoms. The molecule has 1 saturated carbocycles. The Labute approximate surface area is 130 Å². The van der Waals surface area contributed by atoms with Crippen molar-refractivity contribution in [2.75, 3.05) is 6.61 Å². The maximum atomic E-state index is 11.9. The van der Waals surface area contributed by atoms with Gasteiger partial charge in [0.25, 0.3) is 0 Å². The normalized spacial score (nSPS) is 14.1. The smallest absolute Gasteiger partial charge is 0.309 e. The molecule has 0 radical (unpaired) electrons. The minimum Gasteiger partial charge on any atom is -0.480 e. The van der Waals surface area contributed by atoms with Crippen LogP contribution in [0, 0.1) is 18.3 Å². The van der Waals surface area contributed by atoms with Crippen molar-refractivity contribution < 1.29 is 14.3 Å². The van der Waals surface area contributed by atoms with Crippen LogP contribution in [0.25, 0.3) is 10.8 Å². The minimum absolute atomic E-state index is 0.0792. The molecular weight excluding hydrogens is 276 g/mol. The first-order valence-electron chi connectivity index (χ1n) is 7.53. The van der Waals surface area contributed by atoms with Gasteiger partial charge in [-0.2, -0.15) is 0 Å². The number of fused-ring (bicyclic) bond motifs is 1. The monoisotopic (exact) mass is 294 g/mol. The molecule has 112 valence electrons. The zero-order valence-corrected chi connectivity index (χ0v) is 12.4. The SMILES string of the molecule is C#CCOc1c(COC(=O)C2CCC2)ccc2ccccc12. The lowest BCUT2D eigenvalue weighted by molar-refractivity contribution is -0.152. The number of carbonyl (C=O) groups is 1. The van der Waals surface area contributed by atoms with Crippen LogP contribution in [0.15, 0.2) is 36.4 Å². The van der Waals surface area contributed by atoms with Crippen LogP contribution >= 0.6 is 0 Å². The average molecular weight is 294 g/mol. The summed E-state index contributed by atoms with van der Waals surface area (Å²) in [5.41, 5.74) is 0.849. The van der Waals surface area contributed by atoms with Crippen molar-refractivity contribution in [2.24, 2.45) is 5.92 Å². The lowest BCUT2D eigenvalue weighted by Crippen LogP contribution is -2.24. The van der Waals surface area contributed by atoms with Gasteiger partial charge < -0.3 is 9.47 Å². The van der Waals surface area contributed by atoms with Crippen molar-refractivity contribution in [1.29, 1.82) is 0 Å². The molecule has 0 spiro atoms. The molecular formula is C19H18O3. The molecule has 2 aromatic carbocycles. The van der Waals surface area contributed by atoms with Crippen molar-refractivity contribution in [3.8, 4) is 18.1 Å². The lowest BCUT2D eigenvalue weighted by Gasteiger charge is -2.23. The number of esters is 1. The molecule has 0 saturated heterocycles. The topological polar surface area (TPSA) is 35.5 Å². The van der Waals surface area contributed by atoms with E-state index in [2.05, 4.69) is 5.92 Å². The van der Waals surface area contributed by atoms with E-state index in [0.717, 1.165) is 35.6 Å². The highest BCUT2D eigenvalue weighted by Gasteiger charge is 2.26. The Morgan fingerprint density at radius 3 is 2.77 bits per heavy atom. The minimum atomic E-state index is -0.109. The van der Waals surface area contributed by atoms with E-state index in [9.17, 15) is 4.79 Å². The van der Waals surface area contributed by atoms with Gasteiger partial charge in [-0.15, -0.1) is 6.42 Å². The Bertz CT molecular complexity index is 723. The van der Waals surface area contributed by atoms with E-state index >= 15 is 0 Å². The molecule has 1 aliphatic rings. The molecule has 0 heterocycles. The zero-order chi connectivity index (χ0) is 15.4. The van der Waals surface area contributed by atoms with Crippen LogP contribution in [0.1, 0.15) is 24.8 Å². The molecule has 0 atom stereocenters. The molecule has 1 aliphatic carbocycles. The molecule has 0 amide bonds. The molecule has 1 fully saturated rings. The summed E-state index contributed by atoms with van der Waals surface area (Å²) < 4.78 is 11.1. The van der Waals surface area contributed by atoms with Crippen molar-refractivity contribution >= 4 is 16.7 Å². The van der Waals surface area contributed by atoms with Crippen LogP contribution in [0.3, 0.4) is 0 Å². The van der Waals surface area contributed by atoms with Crippen molar-refractivity contribution in [2.45, 2.75) is 25.9 Å². The molecule has 3 heteroatoms. The first kappa shape index (κ1) is 14.5. The van der Waals surface area contributed by atoms with Crippen LogP contribution in [0.2, 0.25) is 0 Å². The number of rotatable bonds is 5. The van der Waals surface area contributed by atoms with Gasteiger partial charge in [0.05, 0.1) is 5.92 Å². The van der Waals surface area contributed by atoms with Gasteiger partial charge in [0.1, 0.15) is 19.0 Å². The van der Waals surface area contributed by atoms with Gasteiger partial charge in [0, 0.05) is 10.9 Å². The number of terminal acetylenes is 1. The van der Waals surface area contributed by atoms with E-state index in [1.165, 1.54) is 0 Å². The van der Waals surface area contributed by atoms with E-state index in [1.807, 2.05) is 36.4 Å². The predicted octanol–water partition coefficient (Wildman–Crippen LogP) is 3.70. The van der Waals surface area contributed by atoms with E-state index in [4.69, 9.17) is 15.9 Å². The second-order valence-electron chi connectivity index (χ2n) is 5.50. The number of ether oxygens (including phenoxy) is 2. The number of carbonyl (C=O) groups excluding carboxylic acids is 1. The largest absolute Gasteiger partial charge is 0.480 e. The van der Waals surface area contributed by atoms with Crippen molar-refractivity contribution in [3.63, 3.8) is 0 Å². The third-order valence-corrected chi connectivity index (χ3v) is 4.07. The van der Waals surface area contributed by atoms with Crippen LogP contribution in [0.5, 0.6) is 5.75 Å². The molecule has 0 N–H and O–H groups in total. The summed E-state index contributed by atoms with van der Waals surface area (Å²) in [6.45, 7) is 0.414.